The van der Waals surface area contributed by atoms with E-state index >= 15 is 0 Å². The minimum Gasteiger partial charge on any atom is -0.345 e. The summed E-state index contributed by atoms with van der Waals surface area (Å²) in [6.07, 6.45) is 9.38. The van der Waals surface area contributed by atoms with E-state index < -0.39 is 10.0 Å². The van der Waals surface area contributed by atoms with Crippen molar-refractivity contribution >= 4 is 15.9 Å². The predicted molar refractivity (Wildman–Crippen MR) is 132 cm³/mol. The number of carbonyl (C=O) groups is 1. The van der Waals surface area contributed by atoms with Crippen LogP contribution in [-0.4, -0.2) is 31.7 Å². The first-order valence-corrected chi connectivity index (χ1v) is 13.9. The molecule has 1 aliphatic heterocycles. The Bertz CT molecular complexity index is 1100. The normalized spacial score (nSPS) is 18.2. The third-order valence-electron chi connectivity index (χ3n) is 7.14. The van der Waals surface area contributed by atoms with Crippen LogP contribution in [-0.2, 0) is 22.9 Å². The summed E-state index contributed by atoms with van der Waals surface area (Å²) in [6, 6.07) is 11.4. The van der Waals surface area contributed by atoms with Crippen LogP contribution in [0.1, 0.15) is 90.5 Å². The topological polar surface area (TPSA) is 66.5 Å². The van der Waals surface area contributed by atoms with E-state index in [0.717, 1.165) is 56.1 Å². The van der Waals surface area contributed by atoms with Gasteiger partial charge < -0.3 is 5.32 Å². The Hall–Kier alpha value is -2.18. The molecule has 1 saturated heterocycles. The molecule has 2 aromatic rings. The molecule has 5 nitrogen and oxygen atoms in total. The number of nitrogens with zero attached hydrogens (tertiary/aromatic N) is 1. The maximum Gasteiger partial charge on any atom is 0.252 e. The molecule has 1 amide bonds. The molecule has 2 aromatic carbocycles. The number of carbonyl (C=O) groups excluding carboxylic acids is 1. The van der Waals surface area contributed by atoms with Crippen LogP contribution in [0.3, 0.4) is 0 Å². The van der Waals surface area contributed by atoms with Crippen molar-refractivity contribution in [2.24, 2.45) is 0 Å². The maximum absolute atomic E-state index is 13.3. The first-order chi connectivity index (χ1) is 15.9. The minimum absolute atomic E-state index is 0.102. The van der Waals surface area contributed by atoms with Gasteiger partial charge in [-0.1, -0.05) is 44.0 Å². The largest absolute Gasteiger partial charge is 0.345 e. The summed E-state index contributed by atoms with van der Waals surface area (Å²) in [7, 11) is -3.60. The maximum atomic E-state index is 13.3. The van der Waals surface area contributed by atoms with Gasteiger partial charge in [-0.15, -0.1) is 0 Å². The molecule has 1 atom stereocenters. The smallest absolute Gasteiger partial charge is 0.252 e. The van der Waals surface area contributed by atoms with Crippen molar-refractivity contribution in [3.63, 3.8) is 0 Å². The number of fused-ring (bicyclic) bond motifs is 1. The molecule has 0 saturated carbocycles. The fraction of sp³-hybridized carbons (Fsp3) is 0.519. The van der Waals surface area contributed by atoms with Crippen molar-refractivity contribution in [1.29, 1.82) is 0 Å². The lowest BCUT2D eigenvalue weighted by Crippen LogP contribution is -2.32. The molecule has 1 unspecified atom stereocenters. The monoisotopic (exact) mass is 468 g/mol. The fourth-order valence-electron chi connectivity index (χ4n) is 5.06. The summed E-state index contributed by atoms with van der Waals surface area (Å²) < 4.78 is 28.1. The van der Waals surface area contributed by atoms with Gasteiger partial charge in [0.2, 0.25) is 10.0 Å². The van der Waals surface area contributed by atoms with E-state index in [-0.39, 0.29) is 16.8 Å². The molecule has 0 radical (unpaired) electrons. The molecule has 33 heavy (non-hydrogen) atoms. The fourth-order valence-corrected chi connectivity index (χ4v) is 6.61. The Kier molecular flexibility index (Phi) is 7.55. The molecule has 4 rings (SSSR count). The minimum atomic E-state index is -3.60. The molecule has 0 spiro atoms. The van der Waals surface area contributed by atoms with Crippen LogP contribution in [0.5, 0.6) is 0 Å². The highest BCUT2D eigenvalue weighted by molar-refractivity contribution is 7.89. The number of hydrogen-bond donors (Lipinski definition) is 1. The number of amides is 1. The molecule has 0 bridgehead atoms. The van der Waals surface area contributed by atoms with Gasteiger partial charge in [-0.3, -0.25) is 4.79 Å². The van der Waals surface area contributed by atoms with E-state index in [9.17, 15) is 13.2 Å². The molecule has 1 aliphatic carbocycles. The van der Waals surface area contributed by atoms with Crippen molar-refractivity contribution < 1.29 is 13.2 Å². The van der Waals surface area contributed by atoms with Gasteiger partial charge >= 0.3 is 0 Å². The molecule has 6 heteroatoms. The zero-order valence-electron chi connectivity index (χ0n) is 19.9. The van der Waals surface area contributed by atoms with Crippen LogP contribution in [0.15, 0.2) is 41.3 Å². The van der Waals surface area contributed by atoms with Gasteiger partial charge in [-0.05, 0) is 86.3 Å². The van der Waals surface area contributed by atoms with Gasteiger partial charge in [0.25, 0.3) is 5.91 Å². The Balaban J connectivity index is 1.56. The highest BCUT2D eigenvalue weighted by Crippen LogP contribution is 2.27. The molecule has 2 aliphatic rings. The highest BCUT2D eigenvalue weighted by Gasteiger charge is 2.27. The summed E-state index contributed by atoms with van der Waals surface area (Å²) in [4.78, 5) is 13.5. The molecule has 1 heterocycles. The summed E-state index contributed by atoms with van der Waals surface area (Å²) in [5.74, 6) is -0.218. The first-order valence-electron chi connectivity index (χ1n) is 12.4. The zero-order valence-corrected chi connectivity index (χ0v) is 20.7. The molecule has 0 aromatic heterocycles. The second-order valence-corrected chi connectivity index (χ2v) is 11.4. The van der Waals surface area contributed by atoms with Crippen molar-refractivity contribution in [2.75, 3.05) is 13.1 Å². The van der Waals surface area contributed by atoms with Crippen LogP contribution < -0.4 is 5.32 Å². The van der Waals surface area contributed by atoms with Crippen LogP contribution in [0, 0.1) is 6.92 Å². The van der Waals surface area contributed by atoms with Gasteiger partial charge in [0, 0.05) is 18.7 Å². The molecule has 178 valence electrons. The van der Waals surface area contributed by atoms with Crippen LogP contribution in [0.25, 0.3) is 0 Å². The van der Waals surface area contributed by atoms with Crippen LogP contribution in [0.4, 0.5) is 0 Å². The molecule has 1 N–H and O–H groups in total. The quantitative estimate of drug-likeness (QED) is 0.624. The number of sulfonamides is 1. The van der Waals surface area contributed by atoms with E-state index in [1.807, 2.05) is 6.92 Å². The number of rotatable bonds is 6. The lowest BCUT2D eigenvalue weighted by Gasteiger charge is -2.23. The van der Waals surface area contributed by atoms with E-state index in [1.165, 1.54) is 24.0 Å². The van der Waals surface area contributed by atoms with Gasteiger partial charge in [-0.25, -0.2) is 8.42 Å². The summed E-state index contributed by atoms with van der Waals surface area (Å²) in [5.41, 5.74) is 5.16. The van der Waals surface area contributed by atoms with E-state index in [2.05, 4.69) is 30.4 Å². The van der Waals surface area contributed by atoms with Gasteiger partial charge in [0.05, 0.1) is 10.9 Å². The van der Waals surface area contributed by atoms with E-state index in [0.29, 0.717) is 18.7 Å². The third kappa shape index (κ3) is 5.33. The third-order valence-corrected chi connectivity index (χ3v) is 9.04. The van der Waals surface area contributed by atoms with Gasteiger partial charge in [-0.2, -0.15) is 4.31 Å². The van der Waals surface area contributed by atoms with Crippen molar-refractivity contribution in [3.8, 4) is 0 Å². The standard InChI is InChI=1S/C27H36N2O3S/c1-3-26(23-14-13-21-10-6-7-11-22(21)18-23)28-27(30)25-19-24(15-12-20(25)2)33(31,32)29-16-8-4-5-9-17-29/h12-15,18-19,26H,3-11,16-17H2,1-2H3,(H,28,30). The number of nitrogens with one attached hydrogen (secondary N) is 1. The van der Waals surface area contributed by atoms with Crippen LogP contribution in [0.2, 0.25) is 0 Å². The van der Waals surface area contributed by atoms with Crippen LogP contribution >= 0.6 is 0 Å². The molecular weight excluding hydrogens is 432 g/mol. The molecular formula is C27H36N2O3S. The number of benzene rings is 2. The highest BCUT2D eigenvalue weighted by atomic mass is 32.2. The first kappa shape index (κ1) is 24.0. The van der Waals surface area contributed by atoms with E-state index in [4.69, 9.17) is 0 Å². The van der Waals surface area contributed by atoms with E-state index in [1.54, 1.807) is 22.5 Å². The molecule has 1 fully saturated rings. The lowest BCUT2D eigenvalue weighted by molar-refractivity contribution is 0.0934. The Morgan fingerprint density at radius 2 is 1.64 bits per heavy atom. The van der Waals surface area contributed by atoms with Gasteiger partial charge in [0.1, 0.15) is 0 Å². The van der Waals surface area contributed by atoms with Crippen molar-refractivity contribution in [1.82, 2.24) is 9.62 Å². The second-order valence-electron chi connectivity index (χ2n) is 9.46. The zero-order chi connectivity index (χ0) is 23.4. The van der Waals surface area contributed by atoms with Crippen molar-refractivity contribution in [3.05, 3.63) is 64.2 Å². The Morgan fingerprint density at radius 1 is 0.939 bits per heavy atom. The lowest BCUT2D eigenvalue weighted by atomic mass is 9.88. The average Bonchev–Trinajstić information content (AvgIpc) is 3.12. The Labute approximate surface area is 198 Å². The summed E-state index contributed by atoms with van der Waals surface area (Å²) >= 11 is 0. The number of hydrogen-bond acceptors (Lipinski definition) is 3. The van der Waals surface area contributed by atoms with Crippen molar-refractivity contribution in [2.45, 2.75) is 82.6 Å². The summed E-state index contributed by atoms with van der Waals surface area (Å²) in [5, 5.41) is 3.17. The Morgan fingerprint density at radius 3 is 2.33 bits per heavy atom. The second kappa shape index (κ2) is 10.4. The van der Waals surface area contributed by atoms with Gasteiger partial charge in [0.15, 0.2) is 0 Å². The average molecular weight is 469 g/mol. The number of aryl methyl sites for hydroxylation is 3. The SMILES string of the molecule is CCC(NC(=O)c1cc(S(=O)(=O)N2CCCCCC2)ccc1C)c1ccc2c(c1)CCCC2. The summed E-state index contributed by atoms with van der Waals surface area (Å²) in [6.45, 7) is 5.02. The predicted octanol–water partition coefficient (Wildman–Crippen LogP) is 5.32.